The van der Waals surface area contributed by atoms with Crippen molar-refractivity contribution < 1.29 is 14.0 Å². The van der Waals surface area contributed by atoms with Crippen molar-refractivity contribution >= 4 is 102 Å². The minimum atomic E-state index is -1.76. The Bertz CT molecular complexity index is 2260. The Labute approximate surface area is 418 Å². The van der Waals surface area contributed by atoms with E-state index in [1.165, 1.54) is 47.7 Å². The first-order chi connectivity index (χ1) is 33.1. The van der Waals surface area contributed by atoms with Gasteiger partial charge in [0.15, 0.2) is 0 Å². The number of benzene rings is 9. The number of nitrogens with two attached hydrogens (primary N) is 1. The molecule has 0 bridgehead atoms. The molecule has 0 fully saturated rings. The van der Waals surface area contributed by atoms with Crippen molar-refractivity contribution in [1.82, 2.24) is 0 Å². The molecule has 1 heterocycles. The molecule has 0 radical (unpaired) electrons. The van der Waals surface area contributed by atoms with E-state index in [0.717, 1.165) is 4.88 Å². The number of hydrogen-bond acceptors (Lipinski definition) is 2. The molecule has 67 heavy (non-hydrogen) atoms. The van der Waals surface area contributed by atoms with E-state index in [1.807, 2.05) is 17.5 Å². The van der Waals surface area contributed by atoms with Gasteiger partial charge in [-0.3, -0.25) is 0 Å². The average Bonchev–Trinajstić information content (AvgIpc) is 3.96. The van der Waals surface area contributed by atoms with Gasteiger partial charge in [-0.25, -0.2) is 0 Å². The summed E-state index contributed by atoms with van der Waals surface area (Å²) in [7, 11) is 10.1. The van der Waals surface area contributed by atoms with Crippen LogP contribution >= 0.6 is 54.5 Å². The summed E-state index contributed by atoms with van der Waals surface area (Å²) in [6.45, 7) is 0. The van der Waals surface area contributed by atoms with Crippen molar-refractivity contribution in [1.29, 1.82) is 0 Å². The van der Waals surface area contributed by atoms with E-state index in [2.05, 4.69) is 273 Å². The maximum atomic E-state index is 5.71. The minimum absolute atomic E-state index is 0.104. The van der Waals surface area contributed by atoms with Crippen LogP contribution in [0.1, 0.15) is 9.51 Å². The molecule has 10 rings (SSSR count). The number of halogens is 2. The number of hydrogen-bond donors (Lipinski definition) is 1. The van der Waals surface area contributed by atoms with Gasteiger partial charge in [0, 0.05) is 0 Å². The molecule has 1 nitrogen and oxygen atoms in total. The predicted molar refractivity (Wildman–Crippen MR) is 298 cm³/mol. The second-order valence-electron chi connectivity index (χ2n) is 14.6. The molecular formula is C59H51Cl2NP3RuS. The largest absolute Gasteiger partial charge is 0.0622 e. The SMILES string of the molecule is N[CH](c1cccs1)[Ru]([Cl])[Cl].c1ccc(P(c2ccccc2)c2ccccc2)cc1.c1ccc(P(c2ccccc2)c2ccccc2)cc1.c1ccc(P(c2ccccc2)c2ccccc2)cc1. The van der Waals surface area contributed by atoms with Crippen molar-refractivity contribution in [3.8, 4) is 0 Å². The third-order valence-electron chi connectivity index (χ3n) is 10.1. The van der Waals surface area contributed by atoms with Crippen LogP contribution in [-0.2, 0) is 14.0 Å². The maximum absolute atomic E-state index is 5.71. The first-order valence-corrected chi connectivity index (χ1v) is 32.1. The van der Waals surface area contributed by atoms with Crippen molar-refractivity contribution in [2.45, 2.75) is 4.64 Å². The Morgan fingerprint density at radius 3 is 0.597 bits per heavy atom. The molecule has 0 saturated carbocycles. The third kappa shape index (κ3) is 15.3. The van der Waals surface area contributed by atoms with Gasteiger partial charge in [0.1, 0.15) is 0 Å². The minimum Gasteiger partial charge on any atom is -0.0622 e. The van der Waals surface area contributed by atoms with E-state index in [1.54, 1.807) is 11.3 Å². The van der Waals surface area contributed by atoms with Crippen LogP contribution in [0.5, 0.6) is 0 Å². The molecule has 0 amide bonds. The van der Waals surface area contributed by atoms with Gasteiger partial charge in [-0.2, -0.15) is 0 Å². The Morgan fingerprint density at radius 1 is 0.284 bits per heavy atom. The number of thiophene rings is 1. The van der Waals surface area contributed by atoms with Gasteiger partial charge in [-0.1, -0.05) is 273 Å². The zero-order chi connectivity index (χ0) is 46.3. The quantitative estimate of drug-likeness (QED) is 0.101. The van der Waals surface area contributed by atoms with Crippen LogP contribution in [-0.4, -0.2) is 0 Å². The van der Waals surface area contributed by atoms with Gasteiger partial charge in [0.2, 0.25) is 0 Å². The van der Waals surface area contributed by atoms with E-state index < -0.39 is 37.7 Å². The van der Waals surface area contributed by atoms with Crippen LogP contribution in [0.25, 0.3) is 0 Å². The van der Waals surface area contributed by atoms with Gasteiger partial charge in [-0.05, 0) is 71.5 Å². The summed E-state index contributed by atoms with van der Waals surface area (Å²) in [6.07, 6.45) is 0. The van der Waals surface area contributed by atoms with Gasteiger partial charge < -0.3 is 0 Å². The zero-order valence-corrected chi connectivity index (χ0v) is 43.5. The normalized spacial score (nSPS) is 11.2. The molecular weight excluding hydrogens is 1020 g/mol. The molecule has 0 saturated heterocycles. The average molecular weight is 1070 g/mol. The summed E-state index contributed by atoms with van der Waals surface area (Å²) in [5.74, 6) is 0. The Morgan fingerprint density at radius 2 is 0.463 bits per heavy atom. The van der Waals surface area contributed by atoms with Crippen LogP contribution in [0.15, 0.2) is 290 Å². The second-order valence-corrected chi connectivity index (χ2v) is 28.6. The van der Waals surface area contributed by atoms with E-state index in [-0.39, 0.29) is 4.64 Å². The van der Waals surface area contributed by atoms with E-state index in [4.69, 9.17) is 25.1 Å². The summed E-state index contributed by atoms with van der Waals surface area (Å²) in [4.78, 5) is 1.09. The fourth-order valence-electron chi connectivity index (χ4n) is 7.06. The van der Waals surface area contributed by atoms with E-state index in [0.29, 0.717) is 0 Å². The van der Waals surface area contributed by atoms with Gasteiger partial charge in [0.05, 0.1) is 0 Å². The van der Waals surface area contributed by atoms with Crippen LogP contribution < -0.4 is 53.5 Å². The fourth-order valence-corrected chi connectivity index (χ4v) is 17.5. The Balaban J connectivity index is 0.000000136. The molecule has 1 atom stereocenters. The standard InChI is InChI=1S/3C18H15P.C5H6NS.2ClH.Ru/c3*1-4-10-16(11-5-1)19(17-12-6-2-7-13-17)18-14-8-3-9-15-18;6-4-5-2-1-3-7-5;;;/h3*1-15H;1-4H,6H2;2*1H;/q;;;;;;+2/p-2. The van der Waals surface area contributed by atoms with Gasteiger partial charge >= 0.3 is 77.4 Å². The van der Waals surface area contributed by atoms with Crippen molar-refractivity contribution in [2.24, 2.45) is 5.73 Å². The second kappa shape index (κ2) is 27.8. The molecule has 1 aromatic heterocycles. The van der Waals surface area contributed by atoms with Crippen LogP contribution in [0.3, 0.4) is 0 Å². The molecule has 0 aliphatic rings. The van der Waals surface area contributed by atoms with Crippen molar-refractivity contribution in [3.05, 3.63) is 295 Å². The molecule has 335 valence electrons. The van der Waals surface area contributed by atoms with E-state index >= 15 is 0 Å². The Kier molecular flexibility index (Phi) is 20.8. The summed E-state index contributed by atoms with van der Waals surface area (Å²) in [5, 5.41) is 14.6. The smallest absolute Gasteiger partial charge is 0.0134 e. The molecule has 0 aliphatic heterocycles. The first kappa shape index (κ1) is 50.0. The molecule has 9 aromatic carbocycles. The summed E-state index contributed by atoms with van der Waals surface area (Å²) < 4.78 is -0.104. The molecule has 10 aromatic rings. The molecule has 8 heteroatoms. The summed E-state index contributed by atoms with van der Waals surface area (Å²) in [6, 6.07) is 101. The fraction of sp³-hybridized carbons (Fsp3) is 0.0169. The molecule has 0 spiro atoms. The Hall–Kier alpha value is -4.87. The van der Waals surface area contributed by atoms with Crippen LogP contribution in [0.2, 0.25) is 0 Å². The van der Waals surface area contributed by atoms with Crippen molar-refractivity contribution in [2.75, 3.05) is 0 Å². The van der Waals surface area contributed by atoms with Crippen LogP contribution in [0.4, 0.5) is 0 Å². The monoisotopic (exact) mass is 1070 g/mol. The first-order valence-electron chi connectivity index (χ1n) is 21.7. The molecule has 0 aliphatic carbocycles. The zero-order valence-electron chi connectivity index (χ0n) is 36.7. The molecule has 1 unspecified atom stereocenters. The molecule has 2 N–H and O–H groups in total. The third-order valence-corrected chi connectivity index (χ3v) is 22.0. The van der Waals surface area contributed by atoms with Gasteiger partial charge in [0.25, 0.3) is 0 Å². The topological polar surface area (TPSA) is 26.0 Å². The van der Waals surface area contributed by atoms with Crippen molar-refractivity contribution in [3.63, 3.8) is 0 Å². The van der Waals surface area contributed by atoms with E-state index in [9.17, 15) is 0 Å². The number of rotatable bonds is 11. The summed E-state index contributed by atoms with van der Waals surface area (Å²) >= 11 is -0.162. The van der Waals surface area contributed by atoms with Crippen LogP contribution in [0, 0.1) is 0 Å². The predicted octanol–water partition coefficient (Wildman–Crippen LogP) is 13.0. The summed E-state index contributed by atoms with van der Waals surface area (Å²) in [5.41, 5.74) is 5.69. The van der Waals surface area contributed by atoms with Gasteiger partial charge in [-0.15, -0.1) is 0 Å². The maximum Gasteiger partial charge on any atom is -0.0134 e.